The molecule has 0 N–H and O–H groups in total. The molecule has 1 atom stereocenters. The van der Waals surface area contributed by atoms with Crippen LogP contribution >= 0.6 is 15.9 Å². The standard InChI is InChI=1S/C15H29BrO2Si/c1-13(11-16)9-8-10-14(17-5)12-18-19(6,7)15(2,3)4/h8-10,14H,11-12H2,1-7H3/b10-8+,13-9-/t14-/m1/s1. The van der Waals surface area contributed by atoms with Crippen LogP contribution in [-0.2, 0) is 9.16 Å². The number of allylic oxidation sites excluding steroid dienone is 3. The third-order valence-electron chi connectivity index (χ3n) is 3.63. The van der Waals surface area contributed by atoms with E-state index in [1.807, 2.05) is 6.08 Å². The van der Waals surface area contributed by atoms with Crippen molar-refractivity contribution in [1.82, 2.24) is 0 Å². The molecule has 0 unspecified atom stereocenters. The summed E-state index contributed by atoms with van der Waals surface area (Å²) in [6.45, 7) is 14.0. The summed E-state index contributed by atoms with van der Waals surface area (Å²) in [5.74, 6) is 0. The van der Waals surface area contributed by atoms with E-state index >= 15 is 0 Å². The second kappa shape index (κ2) is 8.40. The fourth-order valence-electron chi connectivity index (χ4n) is 1.10. The number of ether oxygens (including phenoxy) is 1. The Morgan fingerprint density at radius 1 is 1.32 bits per heavy atom. The van der Waals surface area contributed by atoms with E-state index in [1.165, 1.54) is 5.57 Å². The minimum Gasteiger partial charge on any atom is -0.414 e. The molecule has 112 valence electrons. The molecule has 0 bridgehead atoms. The molecule has 0 aromatic heterocycles. The number of hydrogen-bond donors (Lipinski definition) is 0. The Labute approximate surface area is 128 Å². The molecule has 19 heavy (non-hydrogen) atoms. The van der Waals surface area contributed by atoms with Gasteiger partial charge in [-0.05, 0) is 25.1 Å². The molecule has 0 radical (unpaired) electrons. The summed E-state index contributed by atoms with van der Waals surface area (Å²) in [6, 6.07) is 0. The van der Waals surface area contributed by atoms with Gasteiger partial charge in [-0.2, -0.15) is 0 Å². The van der Waals surface area contributed by atoms with Crippen molar-refractivity contribution in [3.05, 3.63) is 23.8 Å². The molecule has 0 aliphatic carbocycles. The average Bonchev–Trinajstić information content (AvgIpc) is 2.31. The normalized spacial score (nSPS) is 16.1. The Bertz CT molecular complexity index is 317. The third-order valence-corrected chi connectivity index (χ3v) is 9.02. The fraction of sp³-hybridized carbons (Fsp3) is 0.733. The minimum absolute atomic E-state index is 0.0218. The van der Waals surface area contributed by atoms with Crippen LogP contribution in [0.2, 0.25) is 18.1 Å². The molecule has 4 heteroatoms. The van der Waals surface area contributed by atoms with Gasteiger partial charge in [0.05, 0.1) is 12.7 Å². The molecule has 0 aliphatic rings. The van der Waals surface area contributed by atoms with Crippen LogP contribution in [0.5, 0.6) is 0 Å². The molecular formula is C15H29BrO2Si. The monoisotopic (exact) mass is 348 g/mol. The molecule has 0 rings (SSSR count). The smallest absolute Gasteiger partial charge is 0.192 e. The lowest BCUT2D eigenvalue weighted by Gasteiger charge is -2.36. The van der Waals surface area contributed by atoms with Gasteiger partial charge >= 0.3 is 0 Å². The van der Waals surface area contributed by atoms with Gasteiger partial charge in [-0.3, -0.25) is 0 Å². The van der Waals surface area contributed by atoms with E-state index in [4.69, 9.17) is 9.16 Å². The lowest BCUT2D eigenvalue weighted by atomic mass is 10.2. The summed E-state index contributed by atoms with van der Waals surface area (Å²) in [6.07, 6.45) is 6.21. The summed E-state index contributed by atoms with van der Waals surface area (Å²) in [7, 11) is 0.0386. The number of methoxy groups -OCH3 is 1. The van der Waals surface area contributed by atoms with E-state index in [2.05, 4.69) is 68.9 Å². The van der Waals surface area contributed by atoms with Gasteiger partial charge in [-0.1, -0.05) is 60.5 Å². The van der Waals surface area contributed by atoms with Gasteiger partial charge < -0.3 is 9.16 Å². The summed E-state index contributed by atoms with van der Waals surface area (Å²) >= 11 is 3.43. The highest BCUT2D eigenvalue weighted by molar-refractivity contribution is 9.09. The summed E-state index contributed by atoms with van der Waals surface area (Å²) in [5.41, 5.74) is 1.29. The van der Waals surface area contributed by atoms with Crippen LogP contribution < -0.4 is 0 Å². The molecule has 0 aromatic rings. The van der Waals surface area contributed by atoms with E-state index in [9.17, 15) is 0 Å². The van der Waals surface area contributed by atoms with Crippen molar-refractivity contribution in [2.45, 2.75) is 51.9 Å². The maximum atomic E-state index is 6.16. The quantitative estimate of drug-likeness (QED) is 0.369. The molecule has 0 aliphatic heterocycles. The summed E-state index contributed by atoms with van der Waals surface area (Å²) in [5, 5.41) is 1.14. The molecule has 0 amide bonds. The maximum Gasteiger partial charge on any atom is 0.192 e. The second-order valence-electron chi connectivity index (χ2n) is 6.38. The first-order chi connectivity index (χ1) is 8.64. The first-order valence-electron chi connectivity index (χ1n) is 6.70. The van der Waals surface area contributed by atoms with Crippen molar-refractivity contribution < 1.29 is 9.16 Å². The Hall–Kier alpha value is 0.0969. The van der Waals surface area contributed by atoms with Gasteiger partial charge in [0, 0.05) is 12.4 Å². The highest BCUT2D eigenvalue weighted by atomic mass is 79.9. The lowest BCUT2D eigenvalue weighted by molar-refractivity contribution is 0.0859. The van der Waals surface area contributed by atoms with Crippen LogP contribution in [0.25, 0.3) is 0 Å². The Morgan fingerprint density at radius 2 is 1.89 bits per heavy atom. The van der Waals surface area contributed by atoms with Gasteiger partial charge in [0.15, 0.2) is 8.32 Å². The lowest BCUT2D eigenvalue weighted by Crippen LogP contribution is -2.42. The topological polar surface area (TPSA) is 18.5 Å². The van der Waals surface area contributed by atoms with E-state index < -0.39 is 8.32 Å². The molecule has 2 nitrogen and oxygen atoms in total. The zero-order chi connectivity index (χ0) is 15.1. The molecule has 0 fully saturated rings. The number of rotatable bonds is 7. The largest absolute Gasteiger partial charge is 0.414 e. The van der Waals surface area contributed by atoms with Crippen molar-refractivity contribution in [2.75, 3.05) is 19.0 Å². The first kappa shape index (κ1) is 19.1. The fourth-order valence-corrected chi connectivity index (χ4v) is 2.30. The van der Waals surface area contributed by atoms with E-state index in [-0.39, 0.29) is 11.1 Å². The predicted molar refractivity (Wildman–Crippen MR) is 90.6 cm³/mol. The van der Waals surface area contributed by atoms with Crippen molar-refractivity contribution >= 4 is 24.2 Å². The highest BCUT2D eigenvalue weighted by Gasteiger charge is 2.37. The van der Waals surface area contributed by atoms with Gasteiger partial charge in [-0.15, -0.1) is 0 Å². The maximum absolute atomic E-state index is 6.16. The third kappa shape index (κ3) is 7.44. The van der Waals surface area contributed by atoms with Gasteiger partial charge in [0.25, 0.3) is 0 Å². The van der Waals surface area contributed by atoms with Crippen molar-refractivity contribution in [2.24, 2.45) is 0 Å². The Balaban J connectivity index is 4.44. The van der Waals surface area contributed by atoms with E-state index in [0.717, 1.165) is 5.33 Å². The second-order valence-corrected chi connectivity index (χ2v) is 11.7. The number of hydrogen-bond acceptors (Lipinski definition) is 2. The minimum atomic E-state index is -1.69. The SMILES string of the molecule is CO[C@H](/C=C/C=C(/C)CBr)CO[Si](C)(C)C(C)(C)C. The van der Waals surface area contributed by atoms with Crippen LogP contribution in [0, 0.1) is 0 Å². The number of halogens is 1. The zero-order valence-corrected chi connectivity index (χ0v) is 16.0. The molecule has 0 heterocycles. The molecule has 0 saturated carbocycles. The van der Waals surface area contributed by atoms with Gasteiger partial charge in [0.2, 0.25) is 0 Å². The van der Waals surface area contributed by atoms with Crippen molar-refractivity contribution in [1.29, 1.82) is 0 Å². The summed E-state index contributed by atoms with van der Waals surface area (Å²) < 4.78 is 11.6. The summed E-state index contributed by atoms with van der Waals surface area (Å²) in [4.78, 5) is 0. The highest BCUT2D eigenvalue weighted by Crippen LogP contribution is 2.36. The molecule has 0 aromatic carbocycles. The van der Waals surface area contributed by atoms with Crippen molar-refractivity contribution in [3.8, 4) is 0 Å². The van der Waals surface area contributed by atoms with Crippen LogP contribution in [0.1, 0.15) is 27.7 Å². The molecule has 0 spiro atoms. The van der Waals surface area contributed by atoms with Crippen LogP contribution in [0.3, 0.4) is 0 Å². The average molecular weight is 349 g/mol. The van der Waals surface area contributed by atoms with Crippen molar-refractivity contribution in [3.63, 3.8) is 0 Å². The predicted octanol–water partition coefficient (Wildman–Crippen LogP) is 4.92. The van der Waals surface area contributed by atoms with E-state index in [1.54, 1.807) is 7.11 Å². The van der Waals surface area contributed by atoms with Crippen LogP contribution in [-0.4, -0.2) is 33.5 Å². The zero-order valence-electron chi connectivity index (χ0n) is 13.4. The molecule has 0 saturated heterocycles. The Kier molecular flexibility index (Phi) is 8.44. The first-order valence-corrected chi connectivity index (χ1v) is 10.7. The Morgan fingerprint density at radius 3 is 2.32 bits per heavy atom. The van der Waals surface area contributed by atoms with Crippen LogP contribution in [0.15, 0.2) is 23.8 Å². The van der Waals surface area contributed by atoms with Gasteiger partial charge in [-0.25, -0.2) is 0 Å². The van der Waals surface area contributed by atoms with Gasteiger partial charge in [0.1, 0.15) is 0 Å². The number of alkyl halides is 1. The van der Waals surface area contributed by atoms with E-state index in [0.29, 0.717) is 6.61 Å². The molecular weight excluding hydrogens is 320 g/mol. The van der Waals surface area contributed by atoms with Crippen LogP contribution in [0.4, 0.5) is 0 Å².